The van der Waals surface area contributed by atoms with E-state index in [1.165, 1.54) is 29.5 Å². The number of hydrogen-bond acceptors (Lipinski definition) is 8. The van der Waals surface area contributed by atoms with Gasteiger partial charge in [0.2, 0.25) is 0 Å². The van der Waals surface area contributed by atoms with Crippen LogP contribution >= 0.6 is 11.3 Å². The number of amidine groups is 1. The van der Waals surface area contributed by atoms with E-state index in [9.17, 15) is 18.0 Å². The molecular weight excluding hydrogens is 538 g/mol. The number of amides is 1. The summed E-state index contributed by atoms with van der Waals surface area (Å²) in [7, 11) is -3.85. The number of aliphatic imine (C=N–C) groups is 1. The Morgan fingerprint density at radius 2 is 1.87 bits per heavy atom. The lowest BCUT2D eigenvalue weighted by molar-refractivity contribution is -0.119. The Morgan fingerprint density at radius 1 is 1.05 bits per heavy atom. The summed E-state index contributed by atoms with van der Waals surface area (Å²) in [5.74, 6) is -0.774. The number of aryl methyl sites for hydroxylation is 1. The van der Waals surface area contributed by atoms with Crippen LogP contribution in [0.25, 0.3) is 15.9 Å². The number of esters is 1. The van der Waals surface area contributed by atoms with E-state index < -0.39 is 28.5 Å². The predicted octanol–water partition coefficient (Wildman–Crippen LogP) is 4.44. The highest BCUT2D eigenvalue weighted by Crippen LogP contribution is 2.30. The molecule has 0 unspecified atom stereocenters. The van der Waals surface area contributed by atoms with E-state index in [1.807, 2.05) is 37.3 Å². The number of sulfonamides is 1. The third-order valence-corrected chi connectivity index (χ3v) is 8.61. The smallest absolute Gasteiger partial charge is 0.348 e. The summed E-state index contributed by atoms with van der Waals surface area (Å²) in [5.41, 5.74) is 1.91. The topological polar surface area (TPSA) is 132 Å². The van der Waals surface area contributed by atoms with Crippen LogP contribution in [0.1, 0.15) is 41.0 Å². The number of aromatic nitrogens is 2. The molecule has 5 rings (SSSR count). The molecule has 0 saturated carbocycles. The van der Waals surface area contributed by atoms with E-state index in [2.05, 4.69) is 20.1 Å². The summed E-state index contributed by atoms with van der Waals surface area (Å²) in [4.78, 5) is 30.7. The summed E-state index contributed by atoms with van der Waals surface area (Å²) in [6.45, 7) is 1.94. The average Bonchev–Trinajstić information content (AvgIpc) is 3.39. The zero-order valence-electron chi connectivity index (χ0n) is 21.2. The van der Waals surface area contributed by atoms with Crippen LogP contribution in [-0.4, -0.2) is 49.1 Å². The maximum Gasteiger partial charge on any atom is 0.348 e. The van der Waals surface area contributed by atoms with Crippen molar-refractivity contribution in [1.29, 1.82) is 0 Å². The van der Waals surface area contributed by atoms with Gasteiger partial charge in [-0.3, -0.25) is 14.5 Å². The quantitative estimate of drug-likeness (QED) is 0.319. The van der Waals surface area contributed by atoms with Crippen molar-refractivity contribution in [2.45, 2.75) is 37.5 Å². The van der Waals surface area contributed by atoms with Gasteiger partial charge in [0.15, 0.2) is 6.61 Å². The van der Waals surface area contributed by atoms with Gasteiger partial charge in [-0.1, -0.05) is 30.7 Å². The molecule has 4 aromatic rings. The van der Waals surface area contributed by atoms with Crippen LogP contribution < -0.4 is 10.0 Å². The third-order valence-electron chi connectivity index (χ3n) is 6.14. The molecule has 2 N–H and O–H groups in total. The molecular formula is C27H27N5O5S2. The van der Waals surface area contributed by atoms with Crippen molar-refractivity contribution in [3.05, 3.63) is 71.2 Å². The largest absolute Gasteiger partial charge is 0.451 e. The van der Waals surface area contributed by atoms with Crippen LogP contribution in [0.3, 0.4) is 0 Å². The molecule has 0 fully saturated rings. The van der Waals surface area contributed by atoms with Crippen molar-refractivity contribution in [3.63, 3.8) is 0 Å². The molecule has 12 heteroatoms. The van der Waals surface area contributed by atoms with E-state index >= 15 is 0 Å². The molecule has 2 aromatic heterocycles. The van der Waals surface area contributed by atoms with Crippen molar-refractivity contribution in [3.8, 4) is 5.69 Å². The fraction of sp³-hybridized carbons (Fsp3) is 0.259. The second-order valence-corrected chi connectivity index (χ2v) is 11.8. The molecule has 1 aliphatic heterocycles. The first-order valence-electron chi connectivity index (χ1n) is 12.5. The Bertz CT molecular complexity index is 1660. The number of para-hydroxylation sites is 1. The Morgan fingerprint density at radius 3 is 2.69 bits per heavy atom. The molecule has 202 valence electrons. The fourth-order valence-corrected chi connectivity index (χ4v) is 6.41. The normalized spacial score (nSPS) is 13.9. The Hall–Kier alpha value is -4.03. The number of anilines is 1. The van der Waals surface area contributed by atoms with Gasteiger partial charge in [0, 0.05) is 24.0 Å². The predicted molar refractivity (Wildman–Crippen MR) is 150 cm³/mol. The van der Waals surface area contributed by atoms with Gasteiger partial charge >= 0.3 is 5.97 Å². The second-order valence-electron chi connectivity index (χ2n) is 9.06. The maximum absolute atomic E-state index is 12.8. The third kappa shape index (κ3) is 6.18. The van der Waals surface area contributed by atoms with Gasteiger partial charge in [-0.15, -0.1) is 11.3 Å². The number of fused-ring (bicyclic) bond motifs is 1. The minimum absolute atomic E-state index is 0.00246. The van der Waals surface area contributed by atoms with Gasteiger partial charge in [0.1, 0.15) is 15.5 Å². The number of benzene rings is 2. The highest BCUT2D eigenvalue weighted by atomic mass is 32.2. The summed E-state index contributed by atoms with van der Waals surface area (Å²) < 4.78 is 35.2. The van der Waals surface area contributed by atoms with Gasteiger partial charge < -0.3 is 10.1 Å². The summed E-state index contributed by atoms with van der Waals surface area (Å²) >= 11 is 1.23. The van der Waals surface area contributed by atoms with Crippen molar-refractivity contribution in [1.82, 2.24) is 14.5 Å². The van der Waals surface area contributed by atoms with Gasteiger partial charge in [0.05, 0.1) is 16.3 Å². The van der Waals surface area contributed by atoms with Crippen molar-refractivity contribution in [2.75, 3.05) is 18.5 Å². The lowest BCUT2D eigenvalue weighted by atomic mass is 10.2. The number of carbonyl (C=O) groups is 2. The lowest BCUT2D eigenvalue weighted by Gasteiger charge is -2.11. The van der Waals surface area contributed by atoms with E-state index in [-0.39, 0.29) is 10.6 Å². The zero-order chi connectivity index (χ0) is 27.4. The molecule has 3 heterocycles. The van der Waals surface area contributed by atoms with Crippen molar-refractivity contribution in [2.24, 2.45) is 4.99 Å². The van der Waals surface area contributed by atoms with Crippen LogP contribution in [0.5, 0.6) is 0 Å². The van der Waals surface area contributed by atoms with Gasteiger partial charge in [-0.05, 0) is 56.2 Å². The molecule has 0 radical (unpaired) electrons. The molecule has 0 saturated heterocycles. The Labute approximate surface area is 229 Å². The standard InChI is InChI=1S/C27H27N5O5S2/c1-18-22-16-23(38-26(22)32(30-18)20-10-4-2-5-11-20)27(34)37-17-25(33)29-19-9-8-12-21(15-19)39(35,36)31-24-13-6-3-7-14-28-24/h2,4-5,8-12,15-16H,3,6-7,13-14,17H2,1H3,(H,28,31)(H,29,33). The van der Waals surface area contributed by atoms with E-state index in [4.69, 9.17) is 4.74 Å². The van der Waals surface area contributed by atoms with Crippen molar-refractivity contribution >= 4 is 55.0 Å². The molecule has 0 aliphatic carbocycles. The Kier molecular flexibility index (Phi) is 7.75. The Balaban J connectivity index is 1.22. The van der Waals surface area contributed by atoms with Crippen LogP contribution in [0.2, 0.25) is 0 Å². The maximum atomic E-state index is 12.8. The van der Waals surface area contributed by atoms with Gasteiger partial charge in [-0.2, -0.15) is 5.10 Å². The lowest BCUT2D eigenvalue weighted by Crippen LogP contribution is -2.30. The monoisotopic (exact) mass is 565 g/mol. The first kappa shape index (κ1) is 26.6. The molecule has 0 bridgehead atoms. The van der Waals surface area contributed by atoms with E-state index in [1.54, 1.807) is 16.8 Å². The summed E-state index contributed by atoms with van der Waals surface area (Å²) in [6.07, 6.45) is 3.40. The second kappa shape index (κ2) is 11.4. The molecule has 1 amide bonds. The van der Waals surface area contributed by atoms with Crippen LogP contribution in [-0.2, 0) is 19.6 Å². The first-order valence-corrected chi connectivity index (χ1v) is 14.8. The molecule has 39 heavy (non-hydrogen) atoms. The highest BCUT2D eigenvalue weighted by Gasteiger charge is 2.20. The number of ether oxygens (including phenoxy) is 1. The van der Waals surface area contributed by atoms with E-state index in [0.717, 1.165) is 40.9 Å². The average molecular weight is 566 g/mol. The highest BCUT2D eigenvalue weighted by molar-refractivity contribution is 7.90. The SMILES string of the molecule is Cc1nn(-c2ccccc2)c2sc(C(=O)OCC(=O)Nc3cccc(S(=O)(=O)NC4=NCCCCC4)c3)cc12. The number of thiophene rings is 1. The summed E-state index contributed by atoms with van der Waals surface area (Å²) in [6, 6.07) is 17.2. The number of nitrogens with zero attached hydrogens (tertiary/aromatic N) is 3. The number of hydrogen-bond donors (Lipinski definition) is 2. The van der Waals surface area contributed by atoms with Gasteiger partial charge in [0.25, 0.3) is 15.9 Å². The number of carbonyl (C=O) groups excluding carboxylic acids is 2. The molecule has 0 atom stereocenters. The molecule has 10 nitrogen and oxygen atoms in total. The minimum atomic E-state index is -3.85. The molecule has 0 spiro atoms. The molecule has 2 aromatic carbocycles. The van der Waals surface area contributed by atoms with Crippen LogP contribution in [0.4, 0.5) is 5.69 Å². The van der Waals surface area contributed by atoms with E-state index in [0.29, 0.717) is 23.7 Å². The number of nitrogens with one attached hydrogen (secondary N) is 2. The minimum Gasteiger partial charge on any atom is -0.451 e. The van der Waals surface area contributed by atoms with Gasteiger partial charge in [-0.25, -0.2) is 17.9 Å². The fourth-order valence-electron chi connectivity index (χ4n) is 4.20. The first-order chi connectivity index (χ1) is 18.8. The number of rotatable bonds is 7. The summed E-state index contributed by atoms with van der Waals surface area (Å²) in [5, 5.41) is 7.98. The van der Waals surface area contributed by atoms with Crippen LogP contribution in [0, 0.1) is 6.92 Å². The zero-order valence-corrected chi connectivity index (χ0v) is 22.8. The van der Waals surface area contributed by atoms with Crippen LogP contribution in [0.15, 0.2) is 70.6 Å². The van der Waals surface area contributed by atoms with Crippen molar-refractivity contribution < 1.29 is 22.7 Å². The molecule has 1 aliphatic rings.